The zero-order valence-electron chi connectivity index (χ0n) is 14.3. The van der Waals surface area contributed by atoms with Gasteiger partial charge in [-0.1, -0.05) is 12.1 Å². The van der Waals surface area contributed by atoms with Gasteiger partial charge in [0.1, 0.15) is 6.54 Å². The van der Waals surface area contributed by atoms with Gasteiger partial charge in [-0.05, 0) is 48.0 Å². The summed E-state index contributed by atoms with van der Waals surface area (Å²) in [5, 5.41) is 14.2. The average Bonchev–Trinajstić information content (AvgIpc) is 3.26. The molecule has 0 atom stereocenters. The van der Waals surface area contributed by atoms with Crippen LogP contribution in [-0.4, -0.2) is 44.3 Å². The maximum Gasteiger partial charge on any atom is 0.299 e. The van der Waals surface area contributed by atoms with Crippen LogP contribution < -0.4 is 10.2 Å². The molecule has 0 fully saturated rings. The van der Waals surface area contributed by atoms with Gasteiger partial charge in [0.15, 0.2) is 6.33 Å². The first-order valence-corrected chi connectivity index (χ1v) is 8.13. The molecule has 0 bridgehead atoms. The third-order valence-corrected chi connectivity index (χ3v) is 4.23. The smallest absolute Gasteiger partial charge is 0.299 e. The topological polar surface area (TPSA) is 110 Å². The summed E-state index contributed by atoms with van der Waals surface area (Å²) in [4.78, 5) is 39.1. The van der Waals surface area contributed by atoms with Crippen molar-refractivity contribution in [3.05, 3.63) is 59.9 Å². The number of ketones is 1. The minimum Gasteiger partial charge on any atom is -0.325 e. The third-order valence-electron chi connectivity index (χ3n) is 4.23. The Labute approximate surface area is 153 Å². The predicted molar refractivity (Wildman–Crippen MR) is 95.6 cm³/mol. The monoisotopic (exact) mass is 362 g/mol. The molecule has 0 saturated heterocycles. The number of nitrogens with one attached hydrogen (secondary N) is 1. The van der Waals surface area contributed by atoms with Gasteiger partial charge in [0.05, 0.1) is 16.9 Å². The van der Waals surface area contributed by atoms with E-state index in [0.29, 0.717) is 16.9 Å². The van der Waals surface area contributed by atoms with Gasteiger partial charge in [0, 0.05) is 5.69 Å². The number of nitrogens with zero attached hydrogens (tertiary/aromatic N) is 5. The van der Waals surface area contributed by atoms with Gasteiger partial charge < -0.3 is 5.32 Å². The lowest BCUT2D eigenvalue weighted by molar-refractivity contribution is -0.118. The lowest BCUT2D eigenvalue weighted by Crippen LogP contribution is -2.37. The normalized spacial score (nSPS) is 13.0. The van der Waals surface area contributed by atoms with Crippen LogP contribution >= 0.6 is 0 Å². The number of para-hydroxylation sites is 1. The maximum atomic E-state index is 12.4. The van der Waals surface area contributed by atoms with Crippen LogP contribution in [0.25, 0.3) is 5.69 Å². The highest BCUT2D eigenvalue weighted by atomic mass is 16.2. The Morgan fingerprint density at radius 1 is 1.11 bits per heavy atom. The maximum absolute atomic E-state index is 12.4. The van der Waals surface area contributed by atoms with E-state index in [1.165, 1.54) is 16.0 Å². The number of anilines is 2. The second-order valence-corrected chi connectivity index (χ2v) is 6.01. The SMILES string of the molecule is Cc1cc(NC(=O)CN2C(=O)C(=O)c3ccccc32)ccc1-n1ncnn1. The number of hydrogen-bond donors (Lipinski definition) is 1. The van der Waals surface area contributed by atoms with E-state index in [4.69, 9.17) is 0 Å². The van der Waals surface area contributed by atoms with Crippen molar-refractivity contribution >= 4 is 29.0 Å². The molecule has 4 rings (SSSR count). The molecule has 0 aliphatic carbocycles. The first-order chi connectivity index (χ1) is 13.0. The lowest BCUT2D eigenvalue weighted by Gasteiger charge is -2.16. The third kappa shape index (κ3) is 2.95. The van der Waals surface area contributed by atoms with Crippen LogP contribution in [0.3, 0.4) is 0 Å². The number of benzene rings is 2. The van der Waals surface area contributed by atoms with Crippen molar-refractivity contribution in [2.24, 2.45) is 0 Å². The molecule has 1 aromatic heterocycles. The van der Waals surface area contributed by atoms with Crippen LogP contribution in [0, 0.1) is 6.92 Å². The molecule has 0 unspecified atom stereocenters. The number of aryl methyl sites for hydroxylation is 1. The molecule has 3 aromatic rings. The van der Waals surface area contributed by atoms with Crippen LogP contribution in [0.1, 0.15) is 15.9 Å². The van der Waals surface area contributed by atoms with Crippen molar-refractivity contribution in [1.82, 2.24) is 20.2 Å². The molecule has 0 saturated carbocycles. The average molecular weight is 362 g/mol. The fourth-order valence-electron chi connectivity index (χ4n) is 2.98. The number of aromatic nitrogens is 4. The minimum atomic E-state index is -0.699. The number of tetrazole rings is 1. The van der Waals surface area contributed by atoms with Gasteiger partial charge in [-0.25, -0.2) is 0 Å². The number of amides is 2. The summed E-state index contributed by atoms with van der Waals surface area (Å²) >= 11 is 0. The molecular weight excluding hydrogens is 348 g/mol. The van der Waals surface area contributed by atoms with E-state index < -0.39 is 17.6 Å². The van der Waals surface area contributed by atoms with Crippen LogP contribution in [0.2, 0.25) is 0 Å². The van der Waals surface area contributed by atoms with E-state index in [2.05, 4.69) is 20.7 Å². The van der Waals surface area contributed by atoms with Crippen LogP contribution in [-0.2, 0) is 9.59 Å². The quantitative estimate of drug-likeness (QED) is 0.697. The summed E-state index contributed by atoms with van der Waals surface area (Å²) < 4.78 is 0. The zero-order valence-corrected chi connectivity index (χ0v) is 14.3. The second-order valence-electron chi connectivity index (χ2n) is 6.01. The molecule has 9 nitrogen and oxygen atoms in total. The van der Waals surface area contributed by atoms with Crippen LogP contribution in [0.4, 0.5) is 11.4 Å². The largest absolute Gasteiger partial charge is 0.325 e. The Hall–Kier alpha value is -3.88. The minimum absolute atomic E-state index is 0.243. The van der Waals surface area contributed by atoms with Gasteiger partial charge in [0.2, 0.25) is 5.91 Å². The fourth-order valence-corrected chi connectivity index (χ4v) is 2.98. The molecule has 9 heteroatoms. The molecule has 1 aliphatic rings. The van der Waals surface area contributed by atoms with E-state index in [1.54, 1.807) is 42.5 Å². The van der Waals surface area contributed by atoms with Gasteiger partial charge in [-0.3, -0.25) is 19.3 Å². The van der Waals surface area contributed by atoms with E-state index in [9.17, 15) is 14.4 Å². The molecule has 0 spiro atoms. The summed E-state index contributed by atoms with van der Waals surface area (Å²) in [6, 6.07) is 11.9. The highest BCUT2D eigenvalue weighted by molar-refractivity contribution is 6.52. The van der Waals surface area contributed by atoms with Crippen molar-refractivity contribution in [2.45, 2.75) is 6.92 Å². The van der Waals surface area contributed by atoms with E-state index in [-0.39, 0.29) is 6.54 Å². The highest BCUT2D eigenvalue weighted by Gasteiger charge is 2.36. The Kier molecular flexibility index (Phi) is 3.96. The molecule has 134 valence electrons. The van der Waals surface area contributed by atoms with Gasteiger partial charge in [-0.2, -0.15) is 0 Å². The molecule has 27 heavy (non-hydrogen) atoms. The van der Waals surface area contributed by atoms with Crippen LogP contribution in [0.15, 0.2) is 48.8 Å². The van der Waals surface area contributed by atoms with Crippen LogP contribution in [0.5, 0.6) is 0 Å². The Balaban J connectivity index is 1.50. The van der Waals surface area contributed by atoms with Crippen molar-refractivity contribution in [3.63, 3.8) is 0 Å². The van der Waals surface area contributed by atoms with Gasteiger partial charge in [-0.15, -0.1) is 15.0 Å². The number of rotatable bonds is 4. The van der Waals surface area contributed by atoms with Crippen molar-refractivity contribution < 1.29 is 14.4 Å². The molecule has 2 heterocycles. The summed E-state index contributed by atoms with van der Waals surface area (Å²) in [6.07, 6.45) is 1.33. The lowest BCUT2D eigenvalue weighted by atomic mass is 10.1. The summed E-state index contributed by atoms with van der Waals surface area (Å²) in [5.41, 5.74) is 2.90. The Morgan fingerprint density at radius 2 is 1.93 bits per heavy atom. The first-order valence-electron chi connectivity index (χ1n) is 8.13. The highest BCUT2D eigenvalue weighted by Crippen LogP contribution is 2.28. The summed E-state index contributed by atoms with van der Waals surface area (Å²) in [5.74, 6) is -1.70. The molecule has 1 N–H and O–H groups in total. The zero-order chi connectivity index (χ0) is 19.0. The van der Waals surface area contributed by atoms with Gasteiger partial charge >= 0.3 is 0 Å². The van der Waals surface area contributed by atoms with Gasteiger partial charge in [0.25, 0.3) is 11.7 Å². The summed E-state index contributed by atoms with van der Waals surface area (Å²) in [6.45, 7) is 1.61. The summed E-state index contributed by atoms with van der Waals surface area (Å²) in [7, 11) is 0. The predicted octanol–water partition coefficient (Wildman–Crippen LogP) is 1.14. The molecule has 2 aromatic carbocycles. The number of hydrogen-bond acceptors (Lipinski definition) is 6. The van der Waals surface area contributed by atoms with E-state index in [0.717, 1.165) is 11.3 Å². The van der Waals surface area contributed by atoms with E-state index >= 15 is 0 Å². The van der Waals surface area contributed by atoms with Crippen molar-refractivity contribution in [3.8, 4) is 5.69 Å². The standard InChI is InChI=1S/C18H14N6O3/c1-11-8-12(6-7-14(11)24-20-10-19-22-24)21-16(25)9-23-15-5-3-2-4-13(15)17(26)18(23)27/h2-8,10H,9H2,1H3,(H,21,25). The fraction of sp³-hybridized carbons (Fsp3) is 0.111. The Bertz CT molecular complexity index is 1060. The first kappa shape index (κ1) is 16.6. The molecule has 0 radical (unpaired) electrons. The Morgan fingerprint density at radius 3 is 2.67 bits per heavy atom. The second kappa shape index (κ2) is 6.45. The molecule has 2 amide bonds. The van der Waals surface area contributed by atoms with E-state index in [1.807, 2.05) is 6.92 Å². The molecular formula is C18H14N6O3. The number of carbonyl (C=O) groups is 3. The molecule has 1 aliphatic heterocycles. The number of Topliss-reactive ketones (excluding diaryl/α,β-unsaturated/α-hetero) is 1. The number of carbonyl (C=O) groups excluding carboxylic acids is 3. The van der Waals surface area contributed by atoms with Crippen molar-refractivity contribution in [2.75, 3.05) is 16.8 Å². The van der Waals surface area contributed by atoms with Crippen molar-refractivity contribution in [1.29, 1.82) is 0 Å². The number of fused-ring (bicyclic) bond motifs is 1.